The summed E-state index contributed by atoms with van der Waals surface area (Å²) < 4.78 is 0. The quantitative estimate of drug-likeness (QED) is 0.707. The van der Waals surface area contributed by atoms with E-state index < -0.39 is 5.60 Å². The van der Waals surface area contributed by atoms with Crippen molar-refractivity contribution in [2.45, 2.75) is 58.1 Å². The van der Waals surface area contributed by atoms with Gasteiger partial charge in [0.25, 0.3) is 5.91 Å². The van der Waals surface area contributed by atoms with Gasteiger partial charge in [0.15, 0.2) is 0 Å². The molecule has 1 fully saturated rings. The highest BCUT2D eigenvalue weighted by Crippen LogP contribution is 2.23. The van der Waals surface area contributed by atoms with E-state index in [1.807, 2.05) is 0 Å². The Morgan fingerprint density at radius 1 is 1.43 bits per heavy atom. The van der Waals surface area contributed by atoms with Crippen LogP contribution in [0.2, 0.25) is 0 Å². The molecule has 1 aliphatic rings. The molecule has 0 aliphatic heterocycles. The zero-order valence-electron chi connectivity index (χ0n) is 9.34. The zero-order chi connectivity index (χ0) is 10.8. The summed E-state index contributed by atoms with van der Waals surface area (Å²) in [6.07, 6.45) is 4.53. The van der Waals surface area contributed by atoms with Gasteiger partial charge in [-0.3, -0.25) is 4.79 Å². The number of carbonyl (C=O) groups excluding carboxylic acids is 1. The SMILES string of the molecule is CC1CCCC(NC(=O)C(C)(C)O)C1. The van der Waals surface area contributed by atoms with Crippen molar-refractivity contribution in [2.24, 2.45) is 5.92 Å². The van der Waals surface area contributed by atoms with Crippen LogP contribution in [0.25, 0.3) is 0 Å². The van der Waals surface area contributed by atoms with Crippen LogP contribution in [0.15, 0.2) is 0 Å². The van der Waals surface area contributed by atoms with E-state index in [1.54, 1.807) is 0 Å². The standard InChI is InChI=1S/C11H21NO2/c1-8-5-4-6-9(7-8)12-10(13)11(2,3)14/h8-9,14H,4-7H2,1-3H3,(H,12,13). The maximum absolute atomic E-state index is 11.5. The summed E-state index contributed by atoms with van der Waals surface area (Å²) in [5, 5.41) is 12.4. The molecule has 0 bridgehead atoms. The molecule has 14 heavy (non-hydrogen) atoms. The molecule has 1 aliphatic carbocycles. The minimum absolute atomic E-state index is 0.253. The van der Waals surface area contributed by atoms with Crippen LogP contribution >= 0.6 is 0 Å². The van der Waals surface area contributed by atoms with Gasteiger partial charge in [-0.05, 0) is 32.6 Å². The van der Waals surface area contributed by atoms with Crippen molar-refractivity contribution in [2.75, 3.05) is 0 Å². The van der Waals surface area contributed by atoms with Gasteiger partial charge in [-0.2, -0.15) is 0 Å². The predicted molar refractivity (Wildman–Crippen MR) is 55.9 cm³/mol. The molecule has 0 heterocycles. The zero-order valence-corrected chi connectivity index (χ0v) is 9.34. The van der Waals surface area contributed by atoms with Gasteiger partial charge in [0, 0.05) is 6.04 Å². The van der Waals surface area contributed by atoms with Crippen molar-refractivity contribution < 1.29 is 9.90 Å². The number of nitrogens with one attached hydrogen (secondary N) is 1. The minimum atomic E-state index is -1.25. The lowest BCUT2D eigenvalue weighted by Crippen LogP contribution is -2.47. The van der Waals surface area contributed by atoms with Gasteiger partial charge in [0.2, 0.25) is 0 Å². The van der Waals surface area contributed by atoms with Crippen LogP contribution in [0.4, 0.5) is 0 Å². The number of rotatable bonds is 2. The fourth-order valence-corrected chi connectivity index (χ4v) is 1.93. The Bertz CT molecular complexity index is 208. The molecule has 1 amide bonds. The lowest BCUT2D eigenvalue weighted by molar-refractivity contribution is -0.137. The fourth-order valence-electron chi connectivity index (χ4n) is 1.93. The highest BCUT2D eigenvalue weighted by molar-refractivity contribution is 5.84. The third kappa shape index (κ3) is 3.29. The Balaban J connectivity index is 2.40. The molecule has 0 saturated heterocycles. The van der Waals surface area contributed by atoms with Crippen molar-refractivity contribution >= 4 is 5.91 Å². The maximum atomic E-state index is 11.5. The van der Waals surface area contributed by atoms with Crippen molar-refractivity contribution in [3.05, 3.63) is 0 Å². The summed E-state index contributed by atoms with van der Waals surface area (Å²) >= 11 is 0. The molecule has 3 nitrogen and oxygen atoms in total. The topological polar surface area (TPSA) is 49.3 Å². The average Bonchev–Trinajstić information content (AvgIpc) is 2.02. The molecular weight excluding hydrogens is 178 g/mol. The number of hydrogen-bond donors (Lipinski definition) is 2. The van der Waals surface area contributed by atoms with Crippen LogP contribution in [0, 0.1) is 5.92 Å². The van der Waals surface area contributed by atoms with E-state index in [0.717, 1.165) is 12.8 Å². The van der Waals surface area contributed by atoms with Crippen molar-refractivity contribution in [3.8, 4) is 0 Å². The first kappa shape index (κ1) is 11.5. The van der Waals surface area contributed by atoms with Crippen LogP contribution in [-0.2, 0) is 4.79 Å². The second-order valence-corrected chi connectivity index (χ2v) is 5.00. The number of carbonyl (C=O) groups is 1. The molecule has 0 aromatic carbocycles. The highest BCUT2D eigenvalue weighted by Gasteiger charge is 2.27. The Hall–Kier alpha value is -0.570. The number of aliphatic hydroxyl groups is 1. The second-order valence-electron chi connectivity index (χ2n) is 5.00. The Labute approximate surface area is 85.9 Å². The number of hydrogen-bond acceptors (Lipinski definition) is 2. The first-order valence-corrected chi connectivity index (χ1v) is 5.43. The summed E-state index contributed by atoms with van der Waals surface area (Å²) in [6, 6.07) is 0.262. The molecule has 2 N–H and O–H groups in total. The van der Waals surface area contributed by atoms with Crippen molar-refractivity contribution in [3.63, 3.8) is 0 Å². The second kappa shape index (κ2) is 4.30. The number of amides is 1. The van der Waals surface area contributed by atoms with E-state index in [2.05, 4.69) is 12.2 Å². The van der Waals surface area contributed by atoms with E-state index in [9.17, 15) is 9.90 Å². The summed E-state index contributed by atoms with van der Waals surface area (Å²) in [5.41, 5.74) is -1.25. The normalized spacial score (nSPS) is 28.6. The molecule has 1 rings (SSSR count). The van der Waals surface area contributed by atoms with E-state index in [1.165, 1.54) is 26.7 Å². The van der Waals surface area contributed by atoms with Crippen LogP contribution < -0.4 is 5.32 Å². The Morgan fingerprint density at radius 3 is 2.57 bits per heavy atom. The molecule has 0 aromatic rings. The summed E-state index contributed by atoms with van der Waals surface area (Å²) in [4.78, 5) is 11.5. The molecule has 82 valence electrons. The lowest BCUT2D eigenvalue weighted by atomic mass is 9.87. The fraction of sp³-hybridized carbons (Fsp3) is 0.909. The molecule has 2 unspecified atom stereocenters. The molecule has 1 saturated carbocycles. The van der Waals surface area contributed by atoms with E-state index in [0.29, 0.717) is 5.92 Å². The Morgan fingerprint density at radius 2 is 2.07 bits per heavy atom. The average molecular weight is 199 g/mol. The molecule has 2 atom stereocenters. The summed E-state index contributed by atoms with van der Waals surface area (Å²) in [6.45, 7) is 5.26. The molecule has 0 spiro atoms. The van der Waals surface area contributed by atoms with Crippen molar-refractivity contribution in [1.82, 2.24) is 5.32 Å². The van der Waals surface area contributed by atoms with Gasteiger partial charge < -0.3 is 10.4 Å². The third-order valence-corrected chi connectivity index (χ3v) is 2.83. The summed E-state index contributed by atoms with van der Waals surface area (Å²) in [7, 11) is 0. The smallest absolute Gasteiger partial charge is 0.251 e. The van der Waals surface area contributed by atoms with Crippen LogP contribution in [0.1, 0.15) is 46.5 Å². The first-order valence-electron chi connectivity index (χ1n) is 5.43. The predicted octanol–water partition coefficient (Wildman–Crippen LogP) is 1.45. The van der Waals surface area contributed by atoms with Gasteiger partial charge >= 0.3 is 0 Å². The van der Waals surface area contributed by atoms with Gasteiger partial charge in [0.1, 0.15) is 5.60 Å². The van der Waals surface area contributed by atoms with Gasteiger partial charge in [-0.1, -0.05) is 19.8 Å². The summed E-state index contributed by atoms with van der Waals surface area (Å²) in [5.74, 6) is 0.437. The van der Waals surface area contributed by atoms with Crippen LogP contribution in [0.5, 0.6) is 0 Å². The molecule has 0 aromatic heterocycles. The molecule has 0 radical (unpaired) electrons. The largest absolute Gasteiger partial charge is 0.381 e. The molecular formula is C11H21NO2. The third-order valence-electron chi connectivity index (χ3n) is 2.83. The van der Waals surface area contributed by atoms with Gasteiger partial charge in [-0.15, -0.1) is 0 Å². The maximum Gasteiger partial charge on any atom is 0.251 e. The molecule has 3 heteroatoms. The van der Waals surface area contributed by atoms with Crippen LogP contribution in [-0.4, -0.2) is 22.7 Å². The van der Waals surface area contributed by atoms with Gasteiger partial charge in [0.05, 0.1) is 0 Å². The Kier molecular flexibility index (Phi) is 3.53. The van der Waals surface area contributed by atoms with Crippen LogP contribution in [0.3, 0.4) is 0 Å². The van der Waals surface area contributed by atoms with E-state index in [4.69, 9.17) is 0 Å². The minimum Gasteiger partial charge on any atom is -0.381 e. The first-order chi connectivity index (χ1) is 6.39. The highest BCUT2D eigenvalue weighted by atomic mass is 16.3. The van der Waals surface area contributed by atoms with Crippen molar-refractivity contribution in [1.29, 1.82) is 0 Å². The lowest BCUT2D eigenvalue weighted by Gasteiger charge is -2.29. The van der Waals surface area contributed by atoms with E-state index >= 15 is 0 Å². The van der Waals surface area contributed by atoms with E-state index in [-0.39, 0.29) is 11.9 Å². The monoisotopic (exact) mass is 199 g/mol. The van der Waals surface area contributed by atoms with Gasteiger partial charge in [-0.25, -0.2) is 0 Å².